The topological polar surface area (TPSA) is 26.3 Å². The van der Waals surface area contributed by atoms with Crippen LogP contribution < -0.4 is 0 Å². The van der Waals surface area contributed by atoms with Gasteiger partial charge < -0.3 is 4.74 Å². The number of esters is 1. The van der Waals surface area contributed by atoms with Crippen molar-refractivity contribution in [2.24, 2.45) is 0 Å². The van der Waals surface area contributed by atoms with Gasteiger partial charge in [0.05, 0.1) is 12.4 Å². The van der Waals surface area contributed by atoms with Crippen LogP contribution in [0.2, 0.25) is 0 Å². The Balaban J connectivity index is 2.20. The summed E-state index contributed by atoms with van der Waals surface area (Å²) in [5.74, 6) is 1.19. The van der Waals surface area contributed by atoms with Crippen molar-refractivity contribution in [1.82, 2.24) is 0 Å². The third-order valence-corrected chi connectivity index (χ3v) is 3.05. The van der Waals surface area contributed by atoms with Gasteiger partial charge in [0.2, 0.25) is 0 Å². The quantitative estimate of drug-likeness (QED) is 0.712. The van der Waals surface area contributed by atoms with Crippen LogP contribution in [0.15, 0.2) is 24.3 Å². The predicted molar refractivity (Wildman–Crippen MR) is 68.6 cm³/mol. The Morgan fingerprint density at radius 1 is 1.31 bits per heavy atom. The molecule has 0 saturated carbocycles. The Hall–Kier alpha value is -0.960. The molecule has 0 spiro atoms. The molecule has 2 nitrogen and oxygen atoms in total. The molecule has 1 rings (SSSR count). The lowest BCUT2D eigenvalue weighted by Crippen LogP contribution is -2.07. The number of hydrogen-bond donors (Lipinski definition) is 0. The van der Waals surface area contributed by atoms with Crippen molar-refractivity contribution < 1.29 is 9.53 Å². The molecule has 0 atom stereocenters. The zero-order valence-electron chi connectivity index (χ0n) is 9.86. The van der Waals surface area contributed by atoms with Gasteiger partial charge in [-0.25, -0.2) is 0 Å². The zero-order chi connectivity index (χ0) is 11.8. The molecule has 0 bridgehead atoms. The SMILES string of the molecule is CCCOC(=O)CSCc1ccc(C)cc1. The van der Waals surface area contributed by atoms with E-state index >= 15 is 0 Å². The second-order valence-corrected chi connectivity index (χ2v) is 4.68. The van der Waals surface area contributed by atoms with Crippen molar-refractivity contribution >= 4 is 17.7 Å². The first kappa shape index (κ1) is 13.1. The molecule has 0 aliphatic rings. The summed E-state index contributed by atoms with van der Waals surface area (Å²) in [5.41, 5.74) is 2.51. The van der Waals surface area contributed by atoms with E-state index in [2.05, 4.69) is 31.2 Å². The molecule has 0 aliphatic heterocycles. The first-order valence-corrected chi connectivity index (χ1v) is 6.66. The molecule has 0 radical (unpaired) electrons. The average Bonchev–Trinajstić information content (AvgIpc) is 2.29. The molecule has 88 valence electrons. The molecule has 0 unspecified atom stereocenters. The molecule has 0 amide bonds. The Kier molecular flexibility index (Phi) is 6.01. The van der Waals surface area contributed by atoms with Gasteiger partial charge in [-0.1, -0.05) is 36.8 Å². The number of thioether (sulfide) groups is 1. The van der Waals surface area contributed by atoms with Crippen LogP contribution in [0.1, 0.15) is 24.5 Å². The number of ether oxygens (including phenoxy) is 1. The lowest BCUT2D eigenvalue weighted by molar-refractivity contribution is -0.140. The summed E-state index contributed by atoms with van der Waals surface area (Å²) in [6.45, 7) is 4.59. The maximum atomic E-state index is 11.2. The predicted octanol–water partition coefficient (Wildman–Crippen LogP) is 3.18. The van der Waals surface area contributed by atoms with E-state index in [1.165, 1.54) is 11.1 Å². The van der Waals surface area contributed by atoms with E-state index in [-0.39, 0.29) is 5.97 Å². The van der Waals surface area contributed by atoms with Gasteiger partial charge in [0, 0.05) is 5.75 Å². The van der Waals surface area contributed by atoms with Gasteiger partial charge in [-0.15, -0.1) is 11.8 Å². The molecular weight excluding hydrogens is 220 g/mol. The molecule has 3 heteroatoms. The summed E-state index contributed by atoms with van der Waals surface area (Å²) in [4.78, 5) is 11.2. The van der Waals surface area contributed by atoms with Crippen molar-refractivity contribution in [2.45, 2.75) is 26.0 Å². The molecule has 0 aromatic heterocycles. The fraction of sp³-hybridized carbons (Fsp3) is 0.462. The van der Waals surface area contributed by atoms with Crippen LogP contribution in [0.5, 0.6) is 0 Å². The normalized spacial score (nSPS) is 10.1. The highest BCUT2D eigenvalue weighted by Crippen LogP contribution is 2.13. The standard InChI is InChI=1S/C13H18O2S/c1-3-8-15-13(14)10-16-9-12-6-4-11(2)5-7-12/h4-7H,3,8-10H2,1-2H3. The first-order valence-electron chi connectivity index (χ1n) is 5.51. The lowest BCUT2D eigenvalue weighted by Gasteiger charge is -2.03. The minimum atomic E-state index is -0.112. The molecule has 0 N–H and O–H groups in total. The van der Waals surface area contributed by atoms with Gasteiger partial charge in [0.15, 0.2) is 0 Å². The highest BCUT2D eigenvalue weighted by molar-refractivity contribution is 7.99. The molecule has 1 aromatic rings. The average molecular weight is 238 g/mol. The van der Waals surface area contributed by atoms with E-state index in [1.807, 2.05) is 6.92 Å². The van der Waals surface area contributed by atoms with E-state index in [1.54, 1.807) is 11.8 Å². The molecular formula is C13H18O2S. The maximum absolute atomic E-state index is 11.2. The molecule has 16 heavy (non-hydrogen) atoms. The van der Waals surface area contributed by atoms with Gasteiger partial charge in [-0.2, -0.15) is 0 Å². The van der Waals surface area contributed by atoms with E-state index in [0.717, 1.165) is 12.2 Å². The van der Waals surface area contributed by atoms with Crippen LogP contribution in [-0.4, -0.2) is 18.3 Å². The van der Waals surface area contributed by atoms with Crippen molar-refractivity contribution in [3.8, 4) is 0 Å². The highest BCUT2D eigenvalue weighted by atomic mass is 32.2. The van der Waals surface area contributed by atoms with Crippen LogP contribution >= 0.6 is 11.8 Å². The van der Waals surface area contributed by atoms with Crippen molar-refractivity contribution in [1.29, 1.82) is 0 Å². The molecule has 0 heterocycles. The summed E-state index contributed by atoms with van der Waals surface area (Å²) >= 11 is 1.60. The van der Waals surface area contributed by atoms with Crippen LogP contribution in [-0.2, 0) is 15.3 Å². The number of carbonyl (C=O) groups excluding carboxylic acids is 1. The van der Waals surface area contributed by atoms with Crippen molar-refractivity contribution in [2.75, 3.05) is 12.4 Å². The number of benzene rings is 1. The third-order valence-electron chi connectivity index (χ3n) is 2.08. The highest BCUT2D eigenvalue weighted by Gasteiger charge is 2.02. The Labute approximate surface area is 101 Å². The zero-order valence-corrected chi connectivity index (χ0v) is 10.7. The molecule has 0 saturated heterocycles. The summed E-state index contributed by atoms with van der Waals surface area (Å²) in [6.07, 6.45) is 0.883. The summed E-state index contributed by atoms with van der Waals surface area (Å²) < 4.78 is 4.99. The Morgan fingerprint density at radius 3 is 2.62 bits per heavy atom. The fourth-order valence-electron chi connectivity index (χ4n) is 1.19. The molecule has 0 aliphatic carbocycles. The molecule has 1 aromatic carbocycles. The van der Waals surface area contributed by atoms with Gasteiger partial charge in [0.1, 0.15) is 0 Å². The van der Waals surface area contributed by atoms with Gasteiger partial charge in [0.25, 0.3) is 0 Å². The van der Waals surface area contributed by atoms with Crippen LogP contribution in [0.4, 0.5) is 0 Å². The second kappa shape index (κ2) is 7.34. The van der Waals surface area contributed by atoms with Crippen molar-refractivity contribution in [3.05, 3.63) is 35.4 Å². The van der Waals surface area contributed by atoms with Crippen molar-refractivity contribution in [3.63, 3.8) is 0 Å². The van der Waals surface area contributed by atoms with Gasteiger partial charge in [-0.05, 0) is 18.9 Å². The Bertz CT molecular complexity index is 319. The summed E-state index contributed by atoms with van der Waals surface area (Å²) in [6, 6.07) is 8.37. The second-order valence-electron chi connectivity index (χ2n) is 3.70. The lowest BCUT2D eigenvalue weighted by atomic mass is 10.2. The van der Waals surface area contributed by atoms with Crippen LogP contribution in [0.25, 0.3) is 0 Å². The van der Waals surface area contributed by atoms with Gasteiger partial charge >= 0.3 is 5.97 Å². The monoisotopic (exact) mass is 238 g/mol. The minimum Gasteiger partial charge on any atom is -0.465 e. The minimum absolute atomic E-state index is 0.112. The van der Waals surface area contributed by atoms with E-state index < -0.39 is 0 Å². The van der Waals surface area contributed by atoms with Crippen LogP contribution in [0, 0.1) is 6.92 Å². The largest absolute Gasteiger partial charge is 0.465 e. The number of hydrogen-bond acceptors (Lipinski definition) is 3. The van der Waals surface area contributed by atoms with E-state index in [0.29, 0.717) is 12.4 Å². The number of aryl methyl sites for hydroxylation is 1. The summed E-state index contributed by atoms with van der Waals surface area (Å²) in [5, 5.41) is 0. The van der Waals surface area contributed by atoms with Gasteiger partial charge in [-0.3, -0.25) is 4.79 Å². The number of carbonyl (C=O) groups is 1. The smallest absolute Gasteiger partial charge is 0.315 e. The molecule has 0 fully saturated rings. The summed E-state index contributed by atoms with van der Waals surface area (Å²) in [7, 11) is 0. The first-order chi connectivity index (χ1) is 7.72. The van der Waals surface area contributed by atoms with E-state index in [4.69, 9.17) is 4.74 Å². The van der Waals surface area contributed by atoms with E-state index in [9.17, 15) is 4.79 Å². The number of rotatable bonds is 6. The fourth-order valence-corrected chi connectivity index (χ4v) is 1.97. The third kappa shape index (κ3) is 5.21. The maximum Gasteiger partial charge on any atom is 0.315 e. The Morgan fingerprint density at radius 2 is 2.00 bits per heavy atom. The van der Waals surface area contributed by atoms with Crippen LogP contribution in [0.3, 0.4) is 0 Å².